The Morgan fingerprint density at radius 3 is 2.79 bits per heavy atom. The minimum absolute atomic E-state index is 0.506. The third-order valence-corrected chi connectivity index (χ3v) is 3.03. The summed E-state index contributed by atoms with van der Waals surface area (Å²) >= 11 is 3.32. The van der Waals surface area contributed by atoms with Gasteiger partial charge in [-0.15, -0.1) is 0 Å². The molecule has 4 heteroatoms. The Bertz CT molecular complexity index is 581. The standard InChI is InChI=1S/C15H13BrO3/c1-18-10-11-3-2-4-14(7-11)19-15-6-5-13(16)8-12(15)9-17/h2-9H,10H2,1H3. The van der Waals surface area contributed by atoms with Crippen molar-refractivity contribution in [2.75, 3.05) is 7.11 Å². The van der Waals surface area contributed by atoms with E-state index in [9.17, 15) is 4.79 Å². The Labute approximate surface area is 120 Å². The van der Waals surface area contributed by atoms with Crippen molar-refractivity contribution in [2.24, 2.45) is 0 Å². The molecule has 0 aliphatic heterocycles. The monoisotopic (exact) mass is 320 g/mol. The van der Waals surface area contributed by atoms with Crippen LogP contribution in [0.4, 0.5) is 0 Å². The predicted molar refractivity (Wildman–Crippen MR) is 76.8 cm³/mol. The van der Waals surface area contributed by atoms with E-state index < -0.39 is 0 Å². The van der Waals surface area contributed by atoms with Crippen molar-refractivity contribution < 1.29 is 14.3 Å². The smallest absolute Gasteiger partial charge is 0.153 e. The average Bonchev–Trinajstić information content (AvgIpc) is 2.41. The quantitative estimate of drug-likeness (QED) is 0.774. The van der Waals surface area contributed by atoms with Gasteiger partial charge in [0.25, 0.3) is 0 Å². The first-order valence-electron chi connectivity index (χ1n) is 5.73. The van der Waals surface area contributed by atoms with Crippen LogP contribution in [0.15, 0.2) is 46.9 Å². The number of carbonyl (C=O) groups is 1. The molecule has 2 rings (SSSR count). The Morgan fingerprint density at radius 2 is 2.05 bits per heavy atom. The van der Waals surface area contributed by atoms with Gasteiger partial charge in [0.1, 0.15) is 11.5 Å². The maximum Gasteiger partial charge on any atom is 0.153 e. The number of methoxy groups -OCH3 is 1. The van der Waals surface area contributed by atoms with Crippen LogP contribution in [0.2, 0.25) is 0 Å². The lowest BCUT2D eigenvalue weighted by atomic mass is 10.2. The van der Waals surface area contributed by atoms with E-state index in [1.807, 2.05) is 30.3 Å². The summed E-state index contributed by atoms with van der Waals surface area (Å²) in [4.78, 5) is 11.0. The fraction of sp³-hybridized carbons (Fsp3) is 0.133. The summed E-state index contributed by atoms with van der Waals surface area (Å²) < 4.78 is 11.7. The number of carbonyl (C=O) groups excluding carboxylic acids is 1. The van der Waals surface area contributed by atoms with Crippen LogP contribution in [-0.2, 0) is 11.3 Å². The van der Waals surface area contributed by atoms with Gasteiger partial charge in [-0.1, -0.05) is 28.1 Å². The van der Waals surface area contributed by atoms with E-state index in [4.69, 9.17) is 9.47 Å². The van der Waals surface area contributed by atoms with Crippen molar-refractivity contribution in [1.82, 2.24) is 0 Å². The van der Waals surface area contributed by atoms with Crippen LogP contribution in [0.5, 0.6) is 11.5 Å². The first kappa shape index (κ1) is 13.8. The molecular formula is C15H13BrO3. The molecule has 0 heterocycles. The number of hydrogen-bond acceptors (Lipinski definition) is 3. The molecule has 0 aliphatic carbocycles. The van der Waals surface area contributed by atoms with E-state index in [2.05, 4.69) is 15.9 Å². The van der Waals surface area contributed by atoms with Gasteiger partial charge in [0.05, 0.1) is 12.2 Å². The van der Waals surface area contributed by atoms with Crippen LogP contribution < -0.4 is 4.74 Å². The topological polar surface area (TPSA) is 35.5 Å². The lowest BCUT2D eigenvalue weighted by molar-refractivity contribution is 0.112. The minimum atomic E-state index is 0.506. The summed E-state index contributed by atoms with van der Waals surface area (Å²) in [5.41, 5.74) is 1.52. The molecule has 98 valence electrons. The zero-order valence-electron chi connectivity index (χ0n) is 10.4. The highest BCUT2D eigenvalue weighted by molar-refractivity contribution is 9.10. The molecule has 0 fully saturated rings. The number of aldehydes is 1. The lowest BCUT2D eigenvalue weighted by Gasteiger charge is -2.09. The Hall–Kier alpha value is -1.65. The van der Waals surface area contributed by atoms with E-state index >= 15 is 0 Å². The molecule has 0 radical (unpaired) electrons. The maximum atomic E-state index is 11.0. The summed E-state index contributed by atoms with van der Waals surface area (Å²) in [7, 11) is 1.65. The van der Waals surface area contributed by atoms with Crippen molar-refractivity contribution >= 4 is 22.2 Å². The van der Waals surface area contributed by atoms with Crippen LogP contribution in [0.25, 0.3) is 0 Å². The second-order valence-corrected chi connectivity index (χ2v) is 4.90. The predicted octanol–water partition coefficient (Wildman–Crippen LogP) is 4.20. The molecule has 19 heavy (non-hydrogen) atoms. The Kier molecular flexibility index (Phi) is 4.71. The van der Waals surface area contributed by atoms with Gasteiger partial charge in [-0.2, -0.15) is 0 Å². The first-order chi connectivity index (χ1) is 9.22. The molecule has 0 aromatic heterocycles. The highest BCUT2D eigenvalue weighted by Gasteiger charge is 2.05. The second kappa shape index (κ2) is 6.50. The van der Waals surface area contributed by atoms with E-state index in [1.54, 1.807) is 19.2 Å². The van der Waals surface area contributed by atoms with Gasteiger partial charge < -0.3 is 9.47 Å². The molecule has 2 aromatic rings. The van der Waals surface area contributed by atoms with Crippen LogP contribution in [0.1, 0.15) is 15.9 Å². The number of ether oxygens (including phenoxy) is 2. The molecule has 0 amide bonds. The number of rotatable bonds is 5. The van der Waals surface area contributed by atoms with Crippen molar-refractivity contribution in [3.63, 3.8) is 0 Å². The lowest BCUT2D eigenvalue weighted by Crippen LogP contribution is -1.92. The summed E-state index contributed by atoms with van der Waals surface area (Å²) in [6.45, 7) is 0.526. The zero-order valence-corrected chi connectivity index (χ0v) is 12.0. The summed E-state index contributed by atoms with van der Waals surface area (Å²) in [5.74, 6) is 1.22. The van der Waals surface area contributed by atoms with Crippen LogP contribution in [0, 0.1) is 0 Å². The summed E-state index contributed by atoms with van der Waals surface area (Å²) in [5, 5.41) is 0. The molecule has 0 bridgehead atoms. The maximum absolute atomic E-state index is 11.0. The summed E-state index contributed by atoms with van der Waals surface area (Å²) in [6, 6.07) is 12.9. The van der Waals surface area contributed by atoms with Gasteiger partial charge in [-0.05, 0) is 35.9 Å². The number of hydrogen-bond donors (Lipinski definition) is 0. The third-order valence-electron chi connectivity index (χ3n) is 2.54. The average molecular weight is 321 g/mol. The van der Waals surface area contributed by atoms with E-state index in [0.717, 1.165) is 16.3 Å². The van der Waals surface area contributed by atoms with Gasteiger partial charge in [0, 0.05) is 11.6 Å². The highest BCUT2D eigenvalue weighted by Crippen LogP contribution is 2.27. The largest absolute Gasteiger partial charge is 0.457 e. The molecule has 0 spiro atoms. The molecule has 0 N–H and O–H groups in total. The Balaban J connectivity index is 2.25. The van der Waals surface area contributed by atoms with Gasteiger partial charge in [-0.25, -0.2) is 0 Å². The highest BCUT2D eigenvalue weighted by atomic mass is 79.9. The van der Waals surface area contributed by atoms with Gasteiger partial charge in [-0.3, -0.25) is 4.79 Å². The molecule has 0 saturated carbocycles. The van der Waals surface area contributed by atoms with Crippen molar-refractivity contribution in [1.29, 1.82) is 0 Å². The van der Waals surface area contributed by atoms with E-state index in [0.29, 0.717) is 23.7 Å². The second-order valence-electron chi connectivity index (χ2n) is 3.98. The number of halogens is 1. The van der Waals surface area contributed by atoms with Crippen molar-refractivity contribution in [3.8, 4) is 11.5 Å². The van der Waals surface area contributed by atoms with Crippen LogP contribution >= 0.6 is 15.9 Å². The van der Waals surface area contributed by atoms with Gasteiger partial charge >= 0.3 is 0 Å². The normalized spacial score (nSPS) is 10.2. The fourth-order valence-corrected chi connectivity index (χ4v) is 2.08. The molecule has 0 aliphatic rings. The first-order valence-corrected chi connectivity index (χ1v) is 6.52. The SMILES string of the molecule is COCc1cccc(Oc2ccc(Br)cc2C=O)c1. The van der Waals surface area contributed by atoms with Crippen LogP contribution in [0.3, 0.4) is 0 Å². The summed E-state index contributed by atoms with van der Waals surface area (Å²) in [6.07, 6.45) is 0.777. The molecule has 2 aromatic carbocycles. The molecular weight excluding hydrogens is 308 g/mol. The van der Waals surface area contributed by atoms with E-state index in [1.165, 1.54) is 0 Å². The van der Waals surface area contributed by atoms with Crippen molar-refractivity contribution in [2.45, 2.75) is 6.61 Å². The third kappa shape index (κ3) is 3.66. The van der Waals surface area contributed by atoms with E-state index in [-0.39, 0.29) is 0 Å². The van der Waals surface area contributed by atoms with Gasteiger partial charge in [0.15, 0.2) is 6.29 Å². The Morgan fingerprint density at radius 1 is 1.21 bits per heavy atom. The molecule has 0 atom stereocenters. The zero-order chi connectivity index (χ0) is 13.7. The molecule has 3 nitrogen and oxygen atoms in total. The number of benzene rings is 2. The van der Waals surface area contributed by atoms with Crippen molar-refractivity contribution in [3.05, 3.63) is 58.1 Å². The molecule has 0 unspecified atom stereocenters. The van der Waals surface area contributed by atoms with Gasteiger partial charge in [0.2, 0.25) is 0 Å². The van der Waals surface area contributed by atoms with Crippen LogP contribution in [-0.4, -0.2) is 13.4 Å². The fourth-order valence-electron chi connectivity index (χ4n) is 1.70. The molecule has 0 saturated heterocycles. The minimum Gasteiger partial charge on any atom is -0.457 e.